The normalized spacial score (nSPS) is 11.4. The van der Waals surface area contributed by atoms with Crippen molar-refractivity contribution in [2.75, 3.05) is 12.5 Å². The standard InChI is InChI=1S/C26H22ClN5O3S.C18H16N2O4S.C8H8ClN3.ClH/c1-15-5-19-6-16(9-23(36(2,34)35)24(19)29-11-15)7-20-10-18(3-4-28-20)26(33)32-13-17-8-21-22(27)14-31-25(21)30-12-17;1-11-5-14-6-12(7-15-9-13(18(21)22)3-4-19-15)8-16(25(2,23)24)17(14)20-10-11;9-7-4-12-8-6(7)1-5(2-10)3-11-8;/h3-6,8-12,14H,7,13H2,1-2H3,(H,30,31)(H,32,33);3-6,8-10H,7H2,1-2H3,(H,21,22);1,3-4H,2,10H2,(H,11,12);1H. The highest BCUT2D eigenvalue weighted by molar-refractivity contribution is 7.91. The number of nitrogens with two attached hydrogens (primary N) is 1. The zero-order chi connectivity index (χ0) is 52.2. The number of nitrogens with zero attached hydrogens (tertiary/aromatic N) is 6. The first-order valence-corrected chi connectivity index (χ1v) is 26.8. The number of nitrogens with one attached hydrogen (secondary N) is 3. The van der Waals surface area contributed by atoms with Crippen molar-refractivity contribution < 1.29 is 31.5 Å². The van der Waals surface area contributed by atoms with Crippen molar-refractivity contribution in [3.63, 3.8) is 0 Å². The van der Waals surface area contributed by atoms with Gasteiger partial charge < -0.3 is 26.1 Å². The maximum Gasteiger partial charge on any atom is 0.335 e. The fourth-order valence-electron chi connectivity index (χ4n) is 7.91. The number of H-pyrrole nitrogens is 2. The smallest absolute Gasteiger partial charge is 0.335 e. The molecule has 10 aromatic rings. The van der Waals surface area contributed by atoms with Gasteiger partial charge in [0.2, 0.25) is 0 Å². The molecule has 10 rings (SSSR count). The molecule has 0 fully saturated rings. The molecule has 0 spiro atoms. The molecule has 2 aromatic carbocycles. The Morgan fingerprint density at radius 2 is 1.07 bits per heavy atom. The number of rotatable bonds is 11. The van der Waals surface area contributed by atoms with Crippen LogP contribution in [0, 0.1) is 13.8 Å². The third-order valence-corrected chi connectivity index (χ3v) is 14.2. The maximum atomic E-state index is 12.8. The summed E-state index contributed by atoms with van der Waals surface area (Å²) in [5, 5.41) is 16.4. The number of aromatic amines is 2. The van der Waals surface area contributed by atoms with E-state index in [2.05, 4.69) is 45.2 Å². The molecule has 8 heterocycles. The predicted molar refractivity (Wildman–Crippen MR) is 289 cm³/mol. The topological polar surface area (TPSA) is 270 Å². The van der Waals surface area contributed by atoms with Crippen molar-refractivity contribution in [3.05, 3.63) is 188 Å². The summed E-state index contributed by atoms with van der Waals surface area (Å²) in [4.78, 5) is 55.8. The summed E-state index contributed by atoms with van der Waals surface area (Å²) >= 11 is 12.0. The van der Waals surface area contributed by atoms with Gasteiger partial charge in [0.05, 0.1) is 36.4 Å². The number of aryl methyl sites for hydroxylation is 2. The van der Waals surface area contributed by atoms with Gasteiger partial charge in [-0.2, -0.15) is 0 Å². The molecule has 74 heavy (non-hydrogen) atoms. The molecule has 0 unspecified atom stereocenters. The van der Waals surface area contributed by atoms with E-state index < -0.39 is 25.6 Å². The zero-order valence-corrected chi connectivity index (χ0v) is 44.0. The molecule has 380 valence electrons. The second kappa shape index (κ2) is 22.8. The minimum atomic E-state index is -3.49. The molecule has 0 aliphatic rings. The van der Waals surface area contributed by atoms with Gasteiger partial charge in [-0.3, -0.25) is 24.7 Å². The number of halogens is 3. The van der Waals surface area contributed by atoms with Crippen LogP contribution in [0.4, 0.5) is 0 Å². The minimum absolute atomic E-state index is 0. The molecule has 0 aliphatic heterocycles. The number of benzene rings is 2. The van der Waals surface area contributed by atoms with Crippen LogP contribution in [-0.4, -0.2) is 86.2 Å². The van der Waals surface area contributed by atoms with E-state index in [0.29, 0.717) is 63.1 Å². The molecule has 0 saturated carbocycles. The lowest BCUT2D eigenvalue weighted by Gasteiger charge is -2.10. The average molecular weight is 1090 g/mol. The van der Waals surface area contributed by atoms with Gasteiger partial charge in [0.25, 0.3) is 5.91 Å². The Labute approximate surface area is 441 Å². The second-order valence-corrected chi connectivity index (χ2v) is 22.1. The number of amides is 1. The highest BCUT2D eigenvalue weighted by Gasteiger charge is 2.18. The minimum Gasteiger partial charge on any atom is -0.478 e. The zero-order valence-electron chi connectivity index (χ0n) is 40.0. The number of hydrogen-bond donors (Lipinski definition) is 5. The van der Waals surface area contributed by atoms with E-state index in [-0.39, 0.29) is 40.2 Å². The van der Waals surface area contributed by atoms with Crippen molar-refractivity contribution in [1.82, 2.24) is 45.2 Å². The summed E-state index contributed by atoms with van der Waals surface area (Å²) in [6.07, 6.45) is 16.1. The summed E-state index contributed by atoms with van der Waals surface area (Å²) in [5.41, 5.74) is 14.8. The molecule has 0 atom stereocenters. The van der Waals surface area contributed by atoms with Crippen LogP contribution in [0.15, 0.2) is 132 Å². The molecule has 17 nitrogen and oxygen atoms in total. The van der Waals surface area contributed by atoms with Crippen LogP contribution in [0.5, 0.6) is 0 Å². The number of fused-ring (bicyclic) bond motifs is 4. The second-order valence-electron chi connectivity index (χ2n) is 17.3. The molecule has 1 amide bonds. The Hall–Kier alpha value is -7.39. The van der Waals surface area contributed by atoms with Gasteiger partial charge in [-0.05, 0) is 120 Å². The van der Waals surface area contributed by atoms with E-state index in [0.717, 1.165) is 66.8 Å². The summed E-state index contributed by atoms with van der Waals surface area (Å²) in [7, 11) is -6.94. The molecular weight excluding hydrogens is 1050 g/mol. The Balaban J connectivity index is 0.000000181. The Morgan fingerprint density at radius 1 is 0.608 bits per heavy atom. The third-order valence-electron chi connectivity index (χ3n) is 11.4. The number of hydrogen-bond acceptors (Lipinski definition) is 13. The molecule has 0 aliphatic carbocycles. The molecule has 22 heteroatoms. The van der Waals surface area contributed by atoms with E-state index >= 15 is 0 Å². The van der Waals surface area contributed by atoms with E-state index in [1.807, 2.05) is 50.2 Å². The predicted octanol–water partition coefficient (Wildman–Crippen LogP) is 9.12. The van der Waals surface area contributed by atoms with E-state index in [1.54, 1.807) is 67.6 Å². The van der Waals surface area contributed by atoms with E-state index in [4.69, 9.17) is 34.0 Å². The van der Waals surface area contributed by atoms with Crippen LogP contribution >= 0.6 is 35.6 Å². The van der Waals surface area contributed by atoms with Crippen molar-refractivity contribution in [3.8, 4) is 0 Å². The SMILES string of the molecule is Cc1cnc2c(S(C)(=O)=O)cc(Cc3cc(C(=O)NCc4cnc5[nH]cc(Cl)c5c4)ccn3)cc2c1.Cc1cnc2c(S(C)(=O)=O)cc(Cc3cc(C(=O)O)ccn3)cc2c1.Cl.NCc1cnc2[nH]cc(Cl)c2c1. The molecule has 8 aromatic heterocycles. The number of aromatic nitrogens is 8. The van der Waals surface area contributed by atoms with Crippen LogP contribution in [-0.2, 0) is 45.6 Å². The van der Waals surface area contributed by atoms with Gasteiger partial charge in [-0.1, -0.05) is 23.2 Å². The van der Waals surface area contributed by atoms with Crippen LogP contribution < -0.4 is 11.1 Å². The first-order valence-electron chi connectivity index (χ1n) is 22.3. The number of sulfone groups is 2. The lowest BCUT2D eigenvalue weighted by atomic mass is 10.0. The van der Waals surface area contributed by atoms with Gasteiger partial charge in [0, 0.05) is 127 Å². The van der Waals surface area contributed by atoms with Gasteiger partial charge in [0.15, 0.2) is 19.7 Å². The molecular formula is C52H47Cl3N10O7S2. The number of carbonyl (C=O) groups excluding carboxylic acids is 1. The Bertz CT molecular complexity index is 4000. The van der Waals surface area contributed by atoms with Crippen LogP contribution in [0.3, 0.4) is 0 Å². The van der Waals surface area contributed by atoms with Crippen molar-refractivity contribution in [2.24, 2.45) is 5.73 Å². The Kier molecular flexibility index (Phi) is 16.8. The number of carbonyl (C=O) groups is 2. The highest BCUT2D eigenvalue weighted by atomic mass is 35.5. The fraction of sp³-hybridized carbons (Fsp3) is 0.154. The van der Waals surface area contributed by atoms with Gasteiger partial charge in [0.1, 0.15) is 11.3 Å². The van der Waals surface area contributed by atoms with E-state index in [9.17, 15) is 26.4 Å². The van der Waals surface area contributed by atoms with Crippen molar-refractivity contribution in [2.45, 2.75) is 49.6 Å². The molecule has 0 saturated heterocycles. The molecule has 0 bridgehead atoms. The first kappa shape index (κ1) is 54.4. The largest absolute Gasteiger partial charge is 0.478 e. The summed E-state index contributed by atoms with van der Waals surface area (Å²) in [5.74, 6) is -1.28. The number of pyridine rings is 6. The third kappa shape index (κ3) is 13.0. The van der Waals surface area contributed by atoms with Crippen LogP contribution in [0.1, 0.15) is 65.5 Å². The lowest BCUT2D eigenvalue weighted by molar-refractivity contribution is 0.0696. The van der Waals surface area contributed by atoms with Crippen LogP contribution in [0.2, 0.25) is 10.0 Å². The van der Waals surface area contributed by atoms with E-state index in [1.165, 1.54) is 24.6 Å². The average Bonchev–Trinajstić information content (AvgIpc) is 3.92. The molecule has 6 N–H and O–H groups in total. The maximum absolute atomic E-state index is 12.8. The monoisotopic (exact) mass is 1090 g/mol. The van der Waals surface area contributed by atoms with Crippen molar-refractivity contribution >= 4 is 111 Å². The summed E-state index contributed by atoms with van der Waals surface area (Å²) in [6, 6.07) is 20.8. The van der Waals surface area contributed by atoms with Gasteiger partial charge >= 0.3 is 5.97 Å². The van der Waals surface area contributed by atoms with Crippen LogP contribution in [0.25, 0.3) is 43.9 Å². The number of carboxylic acids is 1. The quantitative estimate of drug-likeness (QED) is 0.0808. The summed E-state index contributed by atoms with van der Waals surface area (Å²) in [6.45, 7) is 4.57. The number of carboxylic acid groups (broad SMARTS) is 1. The summed E-state index contributed by atoms with van der Waals surface area (Å²) < 4.78 is 49.1. The van der Waals surface area contributed by atoms with Gasteiger partial charge in [-0.15, -0.1) is 12.4 Å². The lowest BCUT2D eigenvalue weighted by Crippen LogP contribution is -2.23. The first-order chi connectivity index (χ1) is 34.7. The number of aromatic carboxylic acids is 1. The Morgan fingerprint density at radius 3 is 1.54 bits per heavy atom. The van der Waals surface area contributed by atoms with Gasteiger partial charge in [-0.25, -0.2) is 31.6 Å². The fourth-order valence-corrected chi connectivity index (χ4v) is 10.1. The molecule has 0 radical (unpaired) electrons. The van der Waals surface area contributed by atoms with Crippen molar-refractivity contribution in [1.29, 1.82) is 0 Å². The highest BCUT2D eigenvalue weighted by Crippen LogP contribution is 2.28.